The van der Waals surface area contributed by atoms with E-state index in [2.05, 4.69) is 4.98 Å². The Hall–Kier alpha value is -0.370. The summed E-state index contributed by atoms with van der Waals surface area (Å²) in [5.74, 6) is 0. The number of thioether (sulfide) groups is 1. The number of benzene rings is 1. The lowest BCUT2D eigenvalue weighted by Gasteiger charge is -2.04. The predicted molar refractivity (Wildman–Crippen MR) is 62.9 cm³/mol. The lowest BCUT2D eigenvalue weighted by molar-refractivity contribution is -0.0327. The second-order valence-corrected chi connectivity index (χ2v) is 5.02. The monoisotopic (exact) mass is 343 g/mol. The molecule has 0 aliphatic rings. The number of hydrogen-bond donors (Lipinski definition) is 1. The molecule has 0 saturated heterocycles. The third-order valence-electron chi connectivity index (χ3n) is 1.83. The van der Waals surface area contributed by atoms with E-state index in [4.69, 9.17) is 0 Å². The van der Waals surface area contributed by atoms with Crippen LogP contribution in [0.1, 0.15) is 0 Å². The summed E-state index contributed by atoms with van der Waals surface area (Å²) in [6, 6.07) is 6.96. The molecule has 0 bridgehead atoms. The summed E-state index contributed by atoms with van der Waals surface area (Å²) in [5, 5.41) is 0.615. The minimum atomic E-state index is -4.25. The van der Waals surface area contributed by atoms with Crippen LogP contribution in [0, 0.1) is 3.70 Å². The van der Waals surface area contributed by atoms with E-state index in [-0.39, 0.29) is 16.7 Å². The van der Waals surface area contributed by atoms with Crippen LogP contribution in [-0.2, 0) is 0 Å². The zero-order valence-corrected chi connectivity index (χ0v) is 10.2. The molecule has 0 radical (unpaired) electrons. The Labute approximate surface area is 102 Å². The second-order valence-electron chi connectivity index (χ2n) is 2.86. The first kappa shape index (κ1) is 11.1. The van der Waals surface area contributed by atoms with Gasteiger partial charge in [0, 0.05) is 10.9 Å². The first-order chi connectivity index (χ1) is 6.97. The zero-order valence-electron chi connectivity index (χ0n) is 7.23. The van der Waals surface area contributed by atoms with Gasteiger partial charge in [-0.05, 0) is 40.4 Å². The van der Waals surface area contributed by atoms with Gasteiger partial charge in [0.2, 0.25) is 0 Å². The van der Waals surface area contributed by atoms with Crippen LogP contribution in [0.25, 0.3) is 10.9 Å². The zero-order chi connectivity index (χ0) is 11.1. The van der Waals surface area contributed by atoms with Gasteiger partial charge in [-0.25, -0.2) is 0 Å². The van der Waals surface area contributed by atoms with E-state index < -0.39 is 5.51 Å². The van der Waals surface area contributed by atoms with E-state index >= 15 is 0 Å². The van der Waals surface area contributed by atoms with Crippen molar-refractivity contribution in [1.29, 1.82) is 0 Å². The number of fused-ring (bicyclic) bond motifs is 1. The molecule has 6 heteroatoms. The van der Waals surface area contributed by atoms with Crippen LogP contribution in [0.4, 0.5) is 13.2 Å². The van der Waals surface area contributed by atoms with Crippen molar-refractivity contribution in [1.82, 2.24) is 4.98 Å². The fraction of sp³-hybridized carbons (Fsp3) is 0.111. The highest BCUT2D eigenvalue weighted by atomic mass is 127. The molecule has 1 heterocycles. The van der Waals surface area contributed by atoms with Crippen LogP contribution in [0.3, 0.4) is 0 Å². The van der Waals surface area contributed by atoms with Gasteiger partial charge < -0.3 is 4.98 Å². The summed E-state index contributed by atoms with van der Waals surface area (Å²) in [5.41, 5.74) is -3.51. The summed E-state index contributed by atoms with van der Waals surface area (Å²) in [6.45, 7) is 0. The topological polar surface area (TPSA) is 15.8 Å². The van der Waals surface area contributed by atoms with Gasteiger partial charge in [-0.15, -0.1) is 0 Å². The van der Waals surface area contributed by atoms with Gasteiger partial charge in [0.1, 0.15) is 0 Å². The van der Waals surface area contributed by atoms with Gasteiger partial charge in [-0.2, -0.15) is 13.2 Å². The number of nitrogens with one attached hydrogen (secondary N) is 1. The molecule has 80 valence electrons. The second kappa shape index (κ2) is 3.89. The SMILES string of the molecule is FC(F)(F)Sc1c(I)[nH]c2ccccc12. The van der Waals surface area contributed by atoms with Gasteiger partial charge in [0.15, 0.2) is 0 Å². The summed E-state index contributed by atoms with van der Waals surface area (Å²) in [6.07, 6.45) is 0. The van der Waals surface area contributed by atoms with Crippen molar-refractivity contribution < 1.29 is 13.2 Å². The third-order valence-corrected chi connectivity index (χ3v) is 3.87. The molecule has 0 unspecified atom stereocenters. The van der Waals surface area contributed by atoms with E-state index in [1.165, 1.54) is 0 Å². The number of aromatic amines is 1. The maximum Gasteiger partial charge on any atom is 0.446 e. The molecular weight excluding hydrogens is 338 g/mol. The van der Waals surface area contributed by atoms with Gasteiger partial charge in [0.25, 0.3) is 0 Å². The van der Waals surface area contributed by atoms with Crippen LogP contribution in [0.5, 0.6) is 0 Å². The highest BCUT2D eigenvalue weighted by Crippen LogP contribution is 2.42. The predicted octanol–water partition coefficient (Wildman–Crippen LogP) is 4.38. The Bertz CT molecular complexity index is 492. The maximum atomic E-state index is 12.3. The molecular formula is C9H5F3INS. The maximum absolute atomic E-state index is 12.3. The molecule has 0 spiro atoms. The lowest BCUT2D eigenvalue weighted by atomic mass is 10.2. The van der Waals surface area contributed by atoms with Crippen molar-refractivity contribution >= 4 is 45.3 Å². The Morgan fingerprint density at radius 1 is 1.20 bits per heavy atom. The Balaban J connectivity index is 2.54. The van der Waals surface area contributed by atoms with Crippen molar-refractivity contribution in [2.75, 3.05) is 0 Å². The average molecular weight is 343 g/mol. The molecule has 1 aromatic carbocycles. The van der Waals surface area contributed by atoms with Gasteiger partial charge in [0.05, 0.1) is 8.60 Å². The molecule has 0 saturated carbocycles. The van der Waals surface area contributed by atoms with E-state index in [1.807, 2.05) is 22.6 Å². The summed E-state index contributed by atoms with van der Waals surface area (Å²) in [4.78, 5) is 3.16. The van der Waals surface area contributed by atoms with E-state index in [1.54, 1.807) is 24.3 Å². The number of rotatable bonds is 1. The van der Waals surface area contributed by atoms with Crippen molar-refractivity contribution in [3.05, 3.63) is 28.0 Å². The van der Waals surface area contributed by atoms with Gasteiger partial charge in [-0.1, -0.05) is 18.2 Å². The molecule has 1 N–H and O–H groups in total. The number of alkyl halides is 3. The standard InChI is InChI=1S/C9H5F3INS/c10-9(11,12)15-7-5-3-1-2-4-6(5)14-8(7)13/h1-4,14H. The normalized spacial score (nSPS) is 12.3. The first-order valence-corrected chi connectivity index (χ1v) is 5.89. The molecule has 0 aliphatic carbocycles. The molecule has 1 nitrogen and oxygen atoms in total. The van der Waals surface area contributed by atoms with Crippen LogP contribution in [0.2, 0.25) is 0 Å². The fourth-order valence-electron chi connectivity index (χ4n) is 1.30. The van der Waals surface area contributed by atoms with Gasteiger partial charge in [-0.3, -0.25) is 0 Å². The van der Waals surface area contributed by atoms with Crippen LogP contribution in [-0.4, -0.2) is 10.5 Å². The molecule has 0 amide bonds. The van der Waals surface area contributed by atoms with Crippen molar-refractivity contribution in [3.8, 4) is 0 Å². The minimum absolute atomic E-state index is 0.0752. The Kier molecular flexibility index (Phi) is 2.89. The summed E-state index contributed by atoms with van der Waals surface area (Å²) >= 11 is 1.80. The molecule has 1 aromatic heterocycles. The molecule has 15 heavy (non-hydrogen) atoms. The molecule has 0 aliphatic heterocycles. The fourth-order valence-corrected chi connectivity index (χ4v) is 2.87. The van der Waals surface area contributed by atoms with E-state index in [0.29, 0.717) is 9.09 Å². The number of aromatic nitrogens is 1. The summed E-state index contributed by atoms with van der Waals surface area (Å²) < 4.78 is 37.3. The molecule has 0 atom stereocenters. The molecule has 0 fully saturated rings. The van der Waals surface area contributed by atoms with Crippen LogP contribution < -0.4 is 0 Å². The van der Waals surface area contributed by atoms with Gasteiger partial charge >= 0.3 is 5.51 Å². The smallest absolute Gasteiger partial charge is 0.349 e. The highest BCUT2D eigenvalue weighted by molar-refractivity contribution is 14.1. The number of H-pyrrole nitrogens is 1. The lowest BCUT2D eigenvalue weighted by Crippen LogP contribution is -1.99. The van der Waals surface area contributed by atoms with Crippen molar-refractivity contribution in [3.63, 3.8) is 0 Å². The van der Waals surface area contributed by atoms with E-state index in [9.17, 15) is 13.2 Å². The molecule has 2 rings (SSSR count). The Morgan fingerprint density at radius 3 is 2.53 bits per heavy atom. The quantitative estimate of drug-likeness (QED) is 0.600. The number of hydrogen-bond acceptors (Lipinski definition) is 1. The number of para-hydroxylation sites is 1. The number of halogens is 4. The third kappa shape index (κ3) is 2.41. The van der Waals surface area contributed by atoms with E-state index in [0.717, 1.165) is 5.52 Å². The summed E-state index contributed by atoms with van der Waals surface area (Å²) in [7, 11) is 0. The Morgan fingerprint density at radius 2 is 1.87 bits per heavy atom. The first-order valence-electron chi connectivity index (χ1n) is 3.99. The van der Waals surface area contributed by atoms with Crippen LogP contribution >= 0.6 is 34.4 Å². The highest BCUT2D eigenvalue weighted by Gasteiger charge is 2.31. The van der Waals surface area contributed by atoms with Crippen molar-refractivity contribution in [2.45, 2.75) is 10.4 Å². The minimum Gasteiger partial charge on any atom is -0.349 e. The average Bonchev–Trinajstić information content (AvgIpc) is 2.41. The molecule has 2 aromatic rings. The van der Waals surface area contributed by atoms with Crippen LogP contribution in [0.15, 0.2) is 29.2 Å². The largest absolute Gasteiger partial charge is 0.446 e. The van der Waals surface area contributed by atoms with Crippen molar-refractivity contribution in [2.24, 2.45) is 0 Å².